The Balaban J connectivity index is 3.14. The van der Waals surface area contributed by atoms with Gasteiger partial charge in [0, 0.05) is 18.0 Å². The topological polar surface area (TPSA) is 29.5 Å². The van der Waals surface area contributed by atoms with Gasteiger partial charge in [0.05, 0.1) is 12.7 Å². The first-order valence-corrected chi connectivity index (χ1v) is 5.79. The standard InChI is InChI=1S/C15H19NO2/c1-15(2,3)11-10-12-8-6-7-9-13(12)14(17)16(4)18-5/h6-9H,1-5H3. The lowest BCUT2D eigenvalue weighted by Crippen LogP contribution is -2.26. The van der Waals surface area contributed by atoms with Crippen molar-refractivity contribution in [2.45, 2.75) is 20.8 Å². The van der Waals surface area contributed by atoms with E-state index in [1.165, 1.54) is 12.2 Å². The average molecular weight is 245 g/mol. The highest BCUT2D eigenvalue weighted by Crippen LogP contribution is 2.14. The van der Waals surface area contributed by atoms with Gasteiger partial charge in [-0.1, -0.05) is 24.0 Å². The van der Waals surface area contributed by atoms with Crippen LogP contribution in [0, 0.1) is 17.3 Å². The highest BCUT2D eigenvalue weighted by Gasteiger charge is 2.14. The highest BCUT2D eigenvalue weighted by atomic mass is 16.7. The van der Waals surface area contributed by atoms with Gasteiger partial charge >= 0.3 is 0 Å². The van der Waals surface area contributed by atoms with E-state index in [-0.39, 0.29) is 11.3 Å². The van der Waals surface area contributed by atoms with Crippen molar-refractivity contribution in [1.82, 2.24) is 5.06 Å². The summed E-state index contributed by atoms with van der Waals surface area (Å²) in [4.78, 5) is 17.0. The van der Waals surface area contributed by atoms with Crippen LogP contribution in [0.5, 0.6) is 0 Å². The Hall–Kier alpha value is -1.79. The van der Waals surface area contributed by atoms with Gasteiger partial charge in [0.25, 0.3) is 5.91 Å². The molecule has 0 unspecified atom stereocenters. The van der Waals surface area contributed by atoms with E-state index in [2.05, 4.69) is 11.8 Å². The Morgan fingerprint density at radius 1 is 1.28 bits per heavy atom. The summed E-state index contributed by atoms with van der Waals surface area (Å²) in [5.41, 5.74) is 1.18. The second-order valence-electron chi connectivity index (χ2n) is 5.03. The number of carbonyl (C=O) groups excluding carboxylic acids is 1. The van der Waals surface area contributed by atoms with Crippen LogP contribution in [0.15, 0.2) is 24.3 Å². The fourth-order valence-corrected chi connectivity index (χ4v) is 1.29. The first-order valence-electron chi connectivity index (χ1n) is 5.79. The SMILES string of the molecule is CON(C)C(=O)c1ccccc1C#CC(C)(C)C. The molecule has 0 heterocycles. The third-order valence-corrected chi connectivity index (χ3v) is 2.29. The van der Waals surface area contributed by atoms with Crippen LogP contribution in [-0.2, 0) is 4.84 Å². The number of amides is 1. The zero-order valence-electron chi connectivity index (χ0n) is 11.6. The molecule has 1 aromatic carbocycles. The van der Waals surface area contributed by atoms with Gasteiger partial charge in [0.2, 0.25) is 0 Å². The summed E-state index contributed by atoms with van der Waals surface area (Å²) in [6, 6.07) is 7.29. The molecular weight excluding hydrogens is 226 g/mol. The van der Waals surface area contributed by atoms with Gasteiger partial charge < -0.3 is 0 Å². The normalized spacial score (nSPS) is 10.5. The van der Waals surface area contributed by atoms with Gasteiger partial charge in [-0.25, -0.2) is 5.06 Å². The van der Waals surface area contributed by atoms with E-state index in [0.29, 0.717) is 5.56 Å². The largest absolute Gasteiger partial charge is 0.278 e. The number of benzene rings is 1. The molecule has 0 radical (unpaired) electrons. The van der Waals surface area contributed by atoms with E-state index in [1.54, 1.807) is 13.1 Å². The second kappa shape index (κ2) is 5.70. The van der Waals surface area contributed by atoms with Crippen molar-refractivity contribution in [1.29, 1.82) is 0 Å². The first kappa shape index (κ1) is 14.3. The molecule has 0 aliphatic rings. The first-order chi connectivity index (χ1) is 8.35. The molecule has 1 amide bonds. The van der Waals surface area contributed by atoms with Gasteiger partial charge in [0.1, 0.15) is 0 Å². The predicted octanol–water partition coefficient (Wildman–Crippen LogP) is 2.72. The van der Waals surface area contributed by atoms with Crippen LogP contribution in [0.2, 0.25) is 0 Å². The predicted molar refractivity (Wildman–Crippen MR) is 71.9 cm³/mol. The Morgan fingerprint density at radius 2 is 1.89 bits per heavy atom. The van der Waals surface area contributed by atoms with E-state index in [0.717, 1.165) is 5.56 Å². The molecule has 0 saturated carbocycles. The minimum atomic E-state index is -0.198. The molecule has 0 aromatic heterocycles. The number of hydroxylamine groups is 2. The van der Waals surface area contributed by atoms with Crippen molar-refractivity contribution >= 4 is 5.91 Å². The Morgan fingerprint density at radius 3 is 2.44 bits per heavy atom. The van der Waals surface area contributed by atoms with Crippen molar-refractivity contribution in [2.75, 3.05) is 14.2 Å². The van der Waals surface area contributed by atoms with E-state index in [1.807, 2.05) is 39.0 Å². The van der Waals surface area contributed by atoms with Gasteiger partial charge in [-0.2, -0.15) is 0 Å². The average Bonchev–Trinajstić information content (AvgIpc) is 2.34. The minimum Gasteiger partial charge on any atom is -0.274 e. The molecule has 0 fully saturated rings. The summed E-state index contributed by atoms with van der Waals surface area (Å²) in [5, 5.41) is 1.19. The monoisotopic (exact) mass is 245 g/mol. The molecule has 1 aromatic rings. The Labute approximate surface area is 109 Å². The fraction of sp³-hybridized carbons (Fsp3) is 0.400. The molecule has 18 heavy (non-hydrogen) atoms. The zero-order chi connectivity index (χ0) is 13.8. The van der Waals surface area contributed by atoms with Crippen LogP contribution >= 0.6 is 0 Å². The lowest BCUT2D eigenvalue weighted by atomic mass is 9.96. The summed E-state index contributed by atoms with van der Waals surface area (Å²) in [7, 11) is 3.04. The quantitative estimate of drug-likeness (QED) is 0.592. The third kappa shape index (κ3) is 3.90. The fourth-order valence-electron chi connectivity index (χ4n) is 1.29. The number of hydrogen-bond donors (Lipinski definition) is 0. The molecule has 1 rings (SSSR count). The Kier molecular flexibility index (Phi) is 4.52. The summed E-state index contributed by atoms with van der Waals surface area (Å²) in [6.45, 7) is 6.10. The molecule has 0 aliphatic heterocycles. The van der Waals surface area contributed by atoms with Crippen LogP contribution in [0.4, 0.5) is 0 Å². The zero-order valence-corrected chi connectivity index (χ0v) is 11.6. The van der Waals surface area contributed by atoms with E-state index in [4.69, 9.17) is 4.84 Å². The van der Waals surface area contributed by atoms with Crippen LogP contribution < -0.4 is 0 Å². The molecule has 96 valence electrons. The lowest BCUT2D eigenvalue weighted by Gasteiger charge is -2.14. The maximum absolute atomic E-state index is 12.1. The maximum Gasteiger partial charge on any atom is 0.278 e. The summed E-state index contributed by atoms with van der Waals surface area (Å²) in [5.74, 6) is 5.99. The molecule has 0 aliphatic carbocycles. The third-order valence-electron chi connectivity index (χ3n) is 2.29. The van der Waals surface area contributed by atoms with E-state index < -0.39 is 0 Å². The number of rotatable bonds is 2. The summed E-state index contributed by atoms with van der Waals surface area (Å²) in [6.07, 6.45) is 0. The van der Waals surface area contributed by atoms with Crippen molar-refractivity contribution in [3.8, 4) is 11.8 Å². The second-order valence-corrected chi connectivity index (χ2v) is 5.03. The Bertz CT molecular complexity index is 489. The van der Waals surface area contributed by atoms with E-state index in [9.17, 15) is 4.79 Å². The van der Waals surface area contributed by atoms with Crippen molar-refractivity contribution < 1.29 is 9.63 Å². The minimum absolute atomic E-state index is 0.0939. The van der Waals surface area contributed by atoms with Gasteiger partial charge in [-0.15, -0.1) is 0 Å². The van der Waals surface area contributed by atoms with Gasteiger partial charge in [-0.05, 0) is 32.9 Å². The van der Waals surface area contributed by atoms with E-state index >= 15 is 0 Å². The molecule has 0 atom stereocenters. The molecule has 0 spiro atoms. The molecule has 0 saturated heterocycles. The van der Waals surface area contributed by atoms with Crippen molar-refractivity contribution in [2.24, 2.45) is 5.41 Å². The number of carbonyl (C=O) groups is 1. The van der Waals surface area contributed by atoms with Crippen molar-refractivity contribution in [3.05, 3.63) is 35.4 Å². The molecule has 0 bridgehead atoms. The molecular formula is C15H19NO2. The van der Waals surface area contributed by atoms with Gasteiger partial charge in [0.15, 0.2) is 0 Å². The van der Waals surface area contributed by atoms with Crippen molar-refractivity contribution in [3.63, 3.8) is 0 Å². The summed E-state index contributed by atoms with van der Waals surface area (Å²) >= 11 is 0. The maximum atomic E-state index is 12.1. The number of nitrogens with zero attached hydrogens (tertiary/aromatic N) is 1. The highest BCUT2D eigenvalue weighted by molar-refractivity contribution is 5.95. The summed E-state index contributed by atoms with van der Waals surface area (Å²) < 4.78 is 0. The number of hydrogen-bond acceptors (Lipinski definition) is 2. The molecule has 3 heteroatoms. The van der Waals surface area contributed by atoms with Crippen LogP contribution in [0.1, 0.15) is 36.7 Å². The van der Waals surface area contributed by atoms with Crippen LogP contribution in [-0.4, -0.2) is 25.1 Å². The molecule has 3 nitrogen and oxygen atoms in total. The smallest absolute Gasteiger partial charge is 0.274 e. The lowest BCUT2D eigenvalue weighted by molar-refractivity contribution is -0.0757. The van der Waals surface area contributed by atoms with Crippen LogP contribution in [0.25, 0.3) is 0 Å². The van der Waals surface area contributed by atoms with Gasteiger partial charge in [-0.3, -0.25) is 9.63 Å². The van der Waals surface area contributed by atoms with Crippen LogP contribution in [0.3, 0.4) is 0 Å². The molecule has 0 N–H and O–H groups in total.